The molecule has 102 valence electrons. The fraction of sp³-hybridized carbons (Fsp3) is 0.500. The first kappa shape index (κ1) is 12.7. The summed E-state index contributed by atoms with van der Waals surface area (Å²) in [6, 6.07) is 5.93. The van der Waals surface area contributed by atoms with Crippen LogP contribution in [0.3, 0.4) is 0 Å². The Morgan fingerprint density at radius 2 is 2.37 bits per heavy atom. The van der Waals surface area contributed by atoms with E-state index in [1.165, 1.54) is 23.4 Å². The standard InChI is InChI=1S/C14H18N2O2S/c1-14-6-7-19-12(14)16(3)11-5-4-9(8-10(11)14)18-13(17)15-2/h4-5,8,12H,6-7H2,1-3H3,(H,15,17)/t12-,14-/m0/s1. The molecular weight excluding hydrogens is 260 g/mol. The molecule has 0 saturated carbocycles. The first-order chi connectivity index (χ1) is 9.06. The van der Waals surface area contributed by atoms with Gasteiger partial charge in [0, 0.05) is 25.2 Å². The van der Waals surface area contributed by atoms with Crippen LogP contribution in [-0.2, 0) is 5.41 Å². The quantitative estimate of drug-likeness (QED) is 0.857. The molecule has 0 aliphatic carbocycles. The Balaban J connectivity index is 1.99. The summed E-state index contributed by atoms with van der Waals surface area (Å²) in [5.74, 6) is 1.80. The van der Waals surface area contributed by atoms with Gasteiger partial charge in [-0.25, -0.2) is 4.79 Å². The number of nitrogens with one attached hydrogen (secondary N) is 1. The van der Waals surface area contributed by atoms with Crippen LogP contribution in [0.2, 0.25) is 0 Å². The summed E-state index contributed by atoms with van der Waals surface area (Å²) in [5.41, 5.74) is 2.71. The van der Waals surface area contributed by atoms with E-state index in [1.807, 2.05) is 23.9 Å². The van der Waals surface area contributed by atoms with Gasteiger partial charge in [0.1, 0.15) is 5.75 Å². The number of hydrogen-bond acceptors (Lipinski definition) is 4. The van der Waals surface area contributed by atoms with Gasteiger partial charge in [0.05, 0.1) is 5.37 Å². The molecule has 4 nitrogen and oxygen atoms in total. The molecule has 5 heteroatoms. The van der Waals surface area contributed by atoms with Crippen molar-refractivity contribution in [3.63, 3.8) is 0 Å². The SMILES string of the molecule is CNC(=O)Oc1ccc2c(c1)[C@]1(C)CCS[C@@H]1N2C. The number of likely N-dealkylation sites (N-methyl/N-ethyl adjacent to an activating group) is 1. The number of anilines is 1. The molecule has 1 fully saturated rings. The van der Waals surface area contributed by atoms with E-state index in [0.717, 1.165) is 0 Å². The maximum atomic E-state index is 11.3. The highest BCUT2D eigenvalue weighted by atomic mass is 32.2. The summed E-state index contributed by atoms with van der Waals surface area (Å²) >= 11 is 2.01. The van der Waals surface area contributed by atoms with Gasteiger partial charge in [0.15, 0.2) is 0 Å². The first-order valence-corrected chi connectivity index (χ1v) is 7.49. The van der Waals surface area contributed by atoms with Crippen molar-refractivity contribution in [1.29, 1.82) is 0 Å². The lowest BCUT2D eigenvalue weighted by molar-refractivity contribution is 0.203. The van der Waals surface area contributed by atoms with E-state index in [4.69, 9.17) is 4.74 Å². The molecule has 2 aliphatic rings. The summed E-state index contributed by atoms with van der Waals surface area (Å²) in [5, 5.41) is 2.97. The highest BCUT2D eigenvalue weighted by Crippen LogP contribution is 2.55. The van der Waals surface area contributed by atoms with Gasteiger partial charge >= 0.3 is 6.09 Å². The molecule has 1 aromatic rings. The Hall–Kier alpha value is -1.36. The Bertz CT molecular complexity index is 534. The van der Waals surface area contributed by atoms with Crippen LogP contribution in [0.4, 0.5) is 10.5 Å². The molecule has 2 aliphatic heterocycles. The van der Waals surface area contributed by atoms with E-state index < -0.39 is 6.09 Å². The van der Waals surface area contributed by atoms with Crippen molar-refractivity contribution in [2.75, 3.05) is 24.7 Å². The van der Waals surface area contributed by atoms with Gasteiger partial charge in [-0.15, -0.1) is 11.8 Å². The zero-order valence-electron chi connectivity index (χ0n) is 11.4. The fourth-order valence-electron chi connectivity index (χ4n) is 3.12. The van der Waals surface area contributed by atoms with Crippen molar-refractivity contribution in [3.8, 4) is 5.75 Å². The molecular formula is C14H18N2O2S. The van der Waals surface area contributed by atoms with E-state index in [2.05, 4.69) is 30.3 Å². The third-order valence-corrected chi connectivity index (χ3v) is 5.76. The zero-order valence-corrected chi connectivity index (χ0v) is 12.2. The van der Waals surface area contributed by atoms with Crippen molar-refractivity contribution in [2.24, 2.45) is 0 Å². The lowest BCUT2D eigenvalue weighted by Crippen LogP contribution is -2.34. The number of fused-ring (bicyclic) bond motifs is 3. The van der Waals surface area contributed by atoms with Crippen LogP contribution in [0, 0.1) is 0 Å². The minimum Gasteiger partial charge on any atom is -0.410 e. The molecule has 1 N–H and O–H groups in total. The number of rotatable bonds is 1. The monoisotopic (exact) mass is 278 g/mol. The molecule has 0 bridgehead atoms. The number of carbonyl (C=O) groups is 1. The molecule has 0 radical (unpaired) electrons. The van der Waals surface area contributed by atoms with Gasteiger partial charge < -0.3 is 15.0 Å². The van der Waals surface area contributed by atoms with E-state index in [1.54, 1.807) is 7.05 Å². The third kappa shape index (κ3) is 1.79. The molecule has 0 spiro atoms. The fourth-order valence-corrected chi connectivity index (χ4v) is 4.84. The average Bonchev–Trinajstić information content (AvgIpc) is 2.88. The van der Waals surface area contributed by atoms with Gasteiger partial charge in [0.2, 0.25) is 0 Å². The summed E-state index contributed by atoms with van der Waals surface area (Å²) in [4.78, 5) is 13.6. The van der Waals surface area contributed by atoms with Crippen LogP contribution in [0.1, 0.15) is 18.9 Å². The van der Waals surface area contributed by atoms with Crippen LogP contribution in [0.15, 0.2) is 18.2 Å². The normalized spacial score (nSPS) is 27.9. The number of ether oxygens (including phenoxy) is 1. The smallest absolute Gasteiger partial charge is 0.410 e. The second-order valence-corrected chi connectivity index (χ2v) is 6.51. The topological polar surface area (TPSA) is 41.6 Å². The number of benzene rings is 1. The number of amides is 1. The van der Waals surface area contributed by atoms with Gasteiger partial charge in [-0.1, -0.05) is 6.92 Å². The molecule has 1 saturated heterocycles. The van der Waals surface area contributed by atoms with Crippen LogP contribution in [0.5, 0.6) is 5.75 Å². The highest BCUT2D eigenvalue weighted by molar-refractivity contribution is 8.00. The van der Waals surface area contributed by atoms with Crippen LogP contribution in [0.25, 0.3) is 0 Å². The molecule has 2 heterocycles. The predicted octanol–water partition coefficient (Wildman–Crippen LogP) is 2.58. The zero-order chi connectivity index (χ0) is 13.6. The number of thioether (sulfide) groups is 1. The van der Waals surface area contributed by atoms with Crippen molar-refractivity contribution >= 4 is 23.5 Å². The molecule has 0 aromatic heterocycles. The number of hydrogen-bond donors (Lipinski definition) is 1. The Labute approximate surface area is 117 Å². The molecule has 1 aromatic carbocycles. The largest absolute Gasteiger partial charge is 0.412 e. The van der Waals surface area contributed by atoms with Gasteiger partial charge in [-0.05, 0) is 35.9 Å². The third-order valence-electron chi connectivity index (χ3n) is 4.17. The maximum Gasteiger partial charge on any atom is 0.412 e. The first-order valence-electron chi connectivity index (χ1n) is 6.45. The van der Waals surface area contributed by atoms with E-state index in [9.17, 15) is 4.79 Å². The molecule has 3 rings (SSSR count). The van der Waals surface area contributed by atoms with Gasteiger partial charge in [-0.3, -0.25) is 0 Å². The summed E-state index contributed by atoms with van der Waals surface area (Å²) in [6.45, 7) is 2.31. The van der Waals surface area contributed by atoms with Crippen molar-refractivity contribution < 1.29 is 9.53 Å². The Morgan fingerprint density at radius 1 is 1.58 bits per heavy atom. The number of carbonyl (C=O) groups excluding carboxylic acids is 1. The Morgan fingerprint density at radius 3 is 3.11 bits per heavy atom. The van der Waals surface area contributed by atoms with Gasteiger partial charge in [-0.2, -0.15) is 0 Å². The lowest BCUT2D eigenvalue weighted by atomic mass is 9.82. The molecule has 19 heavy (non-hydrogen) atoms. The number of nitrogens with zero attached hydrogens (tertiary/aromatic N) is 1. The van der Waals surface area contributed by atoms with E-state index in [0.29, 0.717) is 11.1 Å². The van der Waals surface area contributed by atoms with E-state index in [-0.39, 0.29) is 5.41 Å². The minimum absolute atomic E-state index is 0.164. The molecule has 1 amide bonds. The average molecular weight is 278 g/mol. The van der Waals surface area contributed by atoms with E-state index >= 15 is 0 Å². The molecule has 2 atom stereocenters. The van der Waals surface area contributed by atoms with Crippen LogP contribution >= 0.6 is 11.8 Å². The summed E-state index contributed by atoms with van der Waals surface area (Å²) < 4.78 is 5.24. The molecule has 0 unspecified atom stereocenters. The van der Waals surface area contributed by atoms with Crippen LogP contribution < -0.4 is 15.0 Å². The van der Waals surface area contributed by atoms with Crippen molar-refractivity contribution in [3.05, 3.63) is 23.8 Å². The minimum atomic E-state index is -0.422. The second-order valence-electron chi connectivity index (χ2n) is 5.32. The van der Waals surface area contributed by atoms with Crippen molar-refractivity contribution in [2.45, 2.75) is 24.1 Å². The van der Waals surface area contributed by atoms with Gasteiger partial charge in [0.25, 0.3) is 0 Å². The summed E-state index contributed by atoms with van der Waals surface area (Å²) in [7, 11) is 3.71. The second kappa shape index (κ2) is 4.34. The maximum absolute atomic E-state index is 11.3. The Kier molecular flexibility index (Phi) is 2.89. The van der Waals surface area contributed by atoms with Crippen LogP contribution in [-0.4, -0.2) is 31.3 Å². The summed E-state index contributed by atoms with van der Waals surface area (Å²) in [6.07, 6.45) is 0.747. The predicted molar refractivity (Wildman–Crippen MR) is 78.1 cm³/mol. The highest BCUT2D eigenvalue weighted by Gasteiger charge is 2.50. The lowest BCUT2D eigenvalue weighted by Gasteiger charge is -2.27. The van der Waals surface area contributed by atoms with Crippen molar-refractivity contribution in [1.82, 2.24) is 5.32 Å².